The smallest absolute Gasteiger partial charge is 0.191 e. The minimum absolute atomic E-state index is 0.639. The maximum Gasteiger partial charge on any atom is 0.191 e. The molecule has 1 atom stereocenters. The molecule has 0 radical (unpaired) electrons. The number of likely N-dealkylation sites (tertiary alicyclic amines) is 1. The van der Waals surface area contributed by atoms with Gasteiger partial charge in [-0.15, -0.1) is 11.3 Å². The zero-order valence-electron chi connectivity index (χ0n) is 12.6. The summed E-state index contributed by atoms with van der Waals surface area (Å²) in [4.78, 5) is 12.4. The van der Waals surface area contributed by atoms with E-state index in [0.717, 1.165) is 30.6 Å². The van der Waals surface area contributed by atoms with E-state index in [1.807, 2.05) is 13.2 Å². The molecule has 0 amide bonds. The lowest BCUT2D eigenvalue weighted by atomic mass is 10.2. The standard InChI is InChI=1S/C14H25N5S/c1-4-19-7-5-6-12(19)9-17-14(15-3)18-10-13-16-8-11(2)20-13/h8,12H,4-7,9-10H2,1-3H3,(H2,15,17,18). The number of thiazole rings is 1. The fourth-order valence-corrected chi connectivity index (χ4v) is 3.35. The Hall–Kier alpha value is -1.14. The number of nitrogens with zero attached hydrogens (tertiary/aromatic N) is 3. The summed E-state index contributed by atoms with van der Waals surface area (Å²) in [5.41, 5.74) is 0. The van der Waals surface area contributed by atoms with Crippen LogP contribution in [0.3, 0.4) is 0 Å². The summed E-state index contributed by atoms with van der Waals surface area (Å²) >= 11 is 1.72. The van der Waals surface area contributed by atoms with Crippen molar-refractivity contribution >= 4 is 17.3 Å². The van der Waals surface area contributed by atoms with Gasteiger partial charge in [-0.3, -0.25) is 9.89 Å². The van der Waals surface area contributed by atoms with Gasteiger partial charge in [-0.25, -0.2) is 4.98 Å². The van der Waals surface area contributed by atoms with E-state index in [0.29, 0.717) is 6.04 Å². The van der Waals surface area contributed by atoms with Gasteiger partial charge in [0.15, 0.2) is 5.96 Å². The van der Waals surface area contributed by atoms with Gasteiger partial charge in [0.2, 0.25) is 0 Å². The monoisotopic (exact) mass is 295 g/mol. The zero-order chi connectivity index (χ0) is 14.4. The molecule has 20 heavy (non-hydrogen) atoms. The second-order valence-electron chi connectivity index (χ2n) is 5.10. The first kappa shape index (κ1) is 15.3. The van der Waals surface area contributed by atoms with Gasteiger partial charge >= 0.3 is 0 Å². The Labute approximate surface area is 125 Å². The fraction of sp³-hybridized carbons (Fsp3) is 0.714. The molecule has 1 aliphatic heterocycles. The van der Waals surface area contributed by atoms with Crippen molar-refractivity contribution in [3.8, 4) is 0 Å². The van der Waals surface area contributed by atoms with Crippen molar-refractivity contribution < 1.29 is 0 Å². The van der Waals surface area contributed by atoms with E-state index >= 15 is 0 Å². The lowest BCUT2D eigenvalue weighted by Crippen LogP contribution is -2.44. The van der Waals surface area contributed by atoms with E-state index < -0.39 is 0 Å². The highest BCUT2D eigenvalue weighted by molar-refractivity contribution is 7.11. The van der Waals surface area contributed by atoms with Crippen LogP contribution < -0.4 is 10.6 Å². The molecular formula is C14H25N5S. The molecule has 1 fully saturated rings. The third-order valence-electron chi connectivity index (χ3n) is 3.71. The van der Waals surface area contributed by atoms with Gasteiger partial charge in [0, 0.05) is 30.7 Å². The van der Waals surface area contributed by atoms with Crippen LogP contribution in [0, 0.1) is 6.92 Å². The minimum Gasteiger partial charge on any atom is -0.355 e. The van der Waals surface area contributed by atoms with Crippen LogP contribution in [0.15, 0.2) is 11.2 Å². The van der Waals surface area contributed by atoms with Crippen molar-refractivity contribution in [1.29, 1.82) is 0 Å². The molecule has 1 unspecified atom stereocenters. The Morgan fingerprint density at radius 3 is 3.05 bits per heavy atom. The number of hydrogen-bond acceptors (Lipinski definition) is 4. The zero-order valence-corrected chi connectivity index (χ0v) is 13.5. The summed E-state index contributed by atoms with van der Waals surface area (Å²) in [6.45, 7) is 8.37. The van der Waals surface area contributed by atoms with Crippen LogP contribution >= 0.6 is 11.3 Å². The number of guanidine groups is 1. The summed E-state index contributed by atoms with van der Waals surface area (Å²) in [5, 5.41) is 7.85. The summed E-state index contributed by atoms with van der Waals surface area (Å²) in [7, 11) is 1.81. The van der Waals surface area contributed by atoms with E-state index in [9.17, 15) is 0 Å². The lowest BCUT2D eigenvalue weighted by Gasteiger charge is -2.23. The normalized spacial score (nSPS) is 20.4. The molecule has 1 aromatic rings. The van der Waals surface area contributed by atoms with Crippen molar-refractivity contribution in [2.75, 3.05) is 26.7 Å². The Balaban J connectivity index is 1.75. The Bertz CT molecular complexity index is 443. The van der Waals surface area contributed by atoms with Crippen molar-refractivity contribution in [3.63, 3.8) is 0 Å². The second-order valence-corrected chi connectivity index (χ2v) is 6.42. The highest BCUT2D eigenvalue weighted by Gasteiger charge is 2.22. The molecule has 2 N–H and O–H groups in total. The van der Waals surface area contributed by atoms with Gasteiger partial charge in [0.1, 0.15) is 5.01 Å². The maximum absolute atomic E-state index is 4.35. The molecule has 1 saturated heterocycles. The third kappa shape index (κ3) is 4.18. The van der Waals surface area contributed by atoms with Gasteiger partial charge in [-0.1, -0.05) is 6.92 Å². The SMILES string of the molecule is CCN1CCCC1CNC(=NC)NCc1ncc(C)s1. The van der Waals surface area contributed by atoms with Gasteiger partial charge < -0.3 is 10.6 Å². The lowest BCUT2D eigenvalue weighted by molar-refractivity contribution is 0.267. The van der Waals surface area contributed by atoms with Crippen molar-refractivity contribution in [3.05, 3.63) is 16.1 Å². The predicted octanol–water partition coefficient (Wildman–Crippen LogP) is 1.60. The highest BCUT2D eigenvalue weighted by Crippen LogP contribution is 2.15. The van der Waals surface area contributed by atoms with Crippen LogP contribution in [-0.2, 0) is 6.54 Å². The molecule has 5 nitrogen and oxygen atoms in total. The Morgan fingerprint density at radius 1 is 1.55 bits per heavy atom. The van der Waals surface area contributed by atoms with Gasteiger partial charge in [-0.2, -0.15) is 0 Å². The molecule has 1 aliphatic rings. The third-order valence-corrected chi connectivity index (χ3v) is 4.62. The highest BCUT2D eigenvalue weighted by atomic mass is 32.1. The van der Waals surface area contributed by atoms with Crippen molar-refractivity contribution in [1.82, 2.24) is 20.5 Å². The molecule has 0 aliphatic carbocycles. The summed E-state index contributed by atoms with van der Waals surface area (Å²) in [6.07, 6.45) is 4.50. The van der Waals surface area contributed by atoms with Crippen molar-refractivity contribution in [2.45, 2.75) is 39.3 Å². The Kier molecular flexibility index (Phi) is 5.79. The van der Waals surface area contributed by atoms with E-state index in [1.165, 1.54) is 24.3 Å². The van der Waals surface area contributed by atoms with E-state index in [1.54, 1.807) is 11.3 Å². The van der Waals surface area contributed by atoms with E-state index in [-0.39, 0.29) is 0 Å². The molecular weight excluding hydrogens is 270 g/mol. The maximum atomic E-state index is 4.35. The number of aryl methyl sites for hydroxylation is 1. The molecule has 0 aromatic carbocycles. The largest absolute Gasteiger partial charge is 0.355 e. The topological polar surface area (TPSA) is 52.5 Å². The number of rotatable bonds is 5. The molecule has 112 valence electrons. The number of nitrogens with one attached hydrogen (secondary N) is 2. The molecule has 0 spiro atoms. The van der Waals surface area contributed by atoms with Crippen LogP contribution in [-0.4, -0.2) is 48.6 Å². The molecule has 1 aromatic heterocycles. The average Bonchev–Trinajstić information content (AvgIpc) is 3.07. The van der Waals surface area contributed by atoms with Crippen LogP contribution in [0.2, 0.25) is 0 Å². The van der Waals surface area contributed by atoms with Gasteiger partial charge in [0.05, 0.1) is 6.54 Å². The van der Waals surface area contributed by atoms with Crippen molar-refractivity contribution in [2.24, 2.45) is 4.99 Å². The van der Waals surface area contributed by atoms with Gasteiger partial charge in [-0.05, 0) is 32.9 Å². The van der Waals surface area contributed by atoms with E-state index in [2.05, 4.69) is 39.4 Å². The van der Waals surface area contributed by atoms with Crippen LogP contribution in [0.4, 0.5) is 0 Å². The summed E-state index contributed by atoms with van der Waals surface area (Å²) in [6, 6.07) is 0.639. The summed E-state index contributed by atoms with van der Waals surface area (Å²) in [5.74, 6) is 0.862. The molecule has 2 rings (SSSR count). The number of aromatic nitrogens is 1. The first-order valence-corrected chi connectivity index (χ1v) is 8.14. The second kappa shape index (κ2) is 7.59. The average molecular weight is 295 g/mol. The predicted molar refractivity (Wildman–Crippen MR) is 85.3 cm³/mol. The van der Waals surface area contributed by atoms with E-state index in [4.69, 9.17) is 0 Å². The quantitative estimate of drug-likeness (QED) is 0.640. The first-order valence-electron chi connectivity index (χ1n) is 7.32. The molecule has 2 heterocycles. The molecule has 0 saturated carbocycles. The molecule has 0 bridgehead atoms. The van der Waals surface area contributed by atoms with Crippen LogP contribution in [0.5, 0.6) is 0 Å². The number of aliphatic imine (C=N–C) groups is 1. The number of hydrogen-bond donors (Lipinski definition) is 2. The summed E-state index contributed by atoms with van der Waals surface area (Å²) < 4.78 is 0. The first-order chi connectivity index (χ1) is 9.72. The Morgan fingerprint density at radius 2 is 2.40 bits per heavy atom. The fourth-order valence-electron chi connectivity index (χ4n) is 2.62. The van der Waals surface area contributed by atoms with Crippen LogP contribution in [0.25, 0.3) is 0 Å². The van der Waals surface area contributed by atoms with Crippen LogP contribution in [0.1, 0.15) is 29.7 Å². The minimum atomic E-state index is 0.639. The van der Waals surface area contributed by atoms with Gasteiger partial charge in [0.25, 0.3) is 0 Å². The number of likely N-dealkylation sites (N-methyl/N-ethyl adjacent to an activating group) is 1. The molecule has 6 heteroatoms.